The van der Waals surface area contributed by atoms with Crippen LogP contribution in [0.4, 0.5) is 0 Å². The zero-order valence-corrected chi connectivity index (χ0v) is 20.6. The maximum Gasteiger partial charge on any atom is 0.376 e. The molecule has 0 rings (SSSR count). The molecule has 0 amide bonds. The summed E-state index contributed by atoms with van der Waals surface area (Å²) in [5, 5.41) is -0.598. The molecular formula is C24H49NO2P+. The van der Waals surface area contributed by atoms with Gasteiger partial charge in [0.25, 0.3) is 5.28 Å². The summed E-state index contributed by atoms with van der Waals surface area (Å²) in [5.41, 5.74) is 0. The van der Waals surface area contributed by atoms with E-state index in [1.807, 2.05) is 28.1 Å². The van der Waals surface area contributed by atoms with Gasteiger partial charge in [-0.05, 0) is 32.1 Å². The fraction of sp³-hybridized carbons (Fsp3) is 0.917. The first-order chi connectivity index (χ1) is 13.3. The van der Waals surface area contributed by atoms with Crippen LogP contribution >= 0.6 is 8.03 Å². The second-order valence-electron chi connectivity index (χ2n) is 9.29. The number of hydrogen-bond acceptors (Lipinski definition) is 2. The zero-order valence-electron chi connectivity index (χ0n) is 19.7. The molecule has 0 heterocycles. The van der Waals surface area contributed by atoms with E-state index in [2.05, 4.69) is 19.1 Å². The molecule has 0 aromatic heterocycles. The minimum absolute atomic E-state index is 0.509. The minimum Gasteiger partial charge on any atom is -0.590 e. The molecule has 0 aromatic carbocycles. The van der Waals surface area contributed by atoms with E-state index in [1.165, 1.54) is 77.0 Å². The van der Waals surface area contributed by atoms with Gasteiger partial charge in [-0.25, -0.2) is 0 Å². The van der Waals surface area contributed by atoms with E-state index in [-0.39, 0.29) is 0 Å². The molecule has 0 aliphatic heterocycles. The van der Waals surface area contributed by atoms with Crippen molar-refractivity contribution >= 4 is 8.03 Å². The molecule has 0 aliphatic rings. The van der Waals surface area contributed by atoms with Gasteiger partial charge in [0.1, 0.15) is 0 Å². The van der Waals surface area contributed by atoms with E-state index in [9.17, 15) is 9.46 Å². The monoisotopic (exact) mass is 414 g/mol. The molecule has 0 aliphatic carbocycles. The molecule has 0 N–H and O–H groups in total. The first-order valence-electron chi connectivity index (χ1n) is 11.9. The maximum absolute atomic E-state index is 11.9. The van der Waals surface area contributed by atoms with Gasteiger partial charge < -0.3 is 4.89 Å². The molecular weight excluding hydrogens is 365 g/mol. The lowest BCUT2D eigenvalue weighted by molar-refractivity contribution is -0.910. The lowest BCUT2D eigenvalue weighted by atomic mass is 10.0. The van der Waals surface area contributed by atoms with Crippen molar-refractivity contribution in [2.75, 3.05) is 21.1 Å². The number of nitrogens with zero attached hydrogens (tertiary/aromatic N) is 1. The molecule has 2 atom stereocenters. The summed E-state index contributed by atoms with van der Waals surface area (Å²) in [6.45, 7) is 4.27. The predicted molar refractivity (Wildman–Crippen MR) is 123 cm³/mol. The third kappa shape index (κ3) is 11.7. The molecule has 28 heavy (non-hydrogen) atoms. The first kappa shape index (κ1) is 27.8. The maximum atomic E-state index is 11.9. The fourth-order valence-electron chi connectivity index (χ4n) is 4.11. The van der Waals surface area contributed by atoms with E-state index < -0.39 is 13.3 Å². The highest BCUT2D eigenvalue weighted by atomic mass is 31.1. The van der Waals surface area contributed by atoms with E-state index >= 15 is 0 Å². The Labute approximate surface area is 177 Å². The van der Waals surface area contributed by atoms with Crippen molar-refractivity contribution in [3.05, 3.63) is 12.2 Å². The number of allylic oxidation sites excluding steroid dienone is 2. The van der Waals surface area contributed by atoms with E-state index in [4.69, 9.17) is 0 Å². The Hall–Kier alpha value is -0.240. The quantitative estimate of drug-likeness (QED) is 0.0960. The second-order valence-corrected chi connectivity index (χ2v) is 10.6. The third-order valence-electron chi connectivity index (χ3n) is 6.24. The summed E-state index contributed by atoms with van der Waals surface area (Å²) in [7, 11) is 3.62. The van der Waals surface area contributed by atoms with Crippen LogP contribution in [0.25, 0.3) is 0 Å². The molecule has 0 fully saturated rings. The lowest BCUT2D eigenvalue weighted by Gasteiger charge is -2.39. The van der Waals surface area contributed by atoms with Crippen LogP contribution in [-0.4, -0.2) is 30.9 Å². The van der Waals surface area contributed by atoms with E-state index in [0.717, 1.165) is 19.3 Å². The molecule has 0 spiro atoms. The van der Waals surface area contributed by atoms with Gasteiger partial charge in [0, 0.05) is 12.8 Å². The lowest BCUT2D eigenvalue weighted by Crippen LogP contribution is -2.55. The van der Waals surface area contributed by atoms with Crippen molar-refractivity contribution in [1.82, 2.24) is 0 Å². The summed E-state index contributed by atoms with van der Waals surface area (Å²) in [5.74, 6) is 0. The van der Waals surface area contributed by atoms with Gasteiger partial charge in [-0.2, -0.15) is 0 Å². The van der Waals surface area contributed by atoms with Crippen molar-refractivity contribution in [2.24, 2.45) is 0 Å². The van der Waals surface area contributed by atoms with Gasteiger partial charge in [-0.15, -0.1) is 0 Å². The molecule has 166 valence electrons. The van der Waals surface area contributed by atoms with E-state index in [1.54, 1.807) is 0 Å². The van der Waals surface area contributed by atoms with Gasteiger partial charge in [0.2, 0.25) is 0 Å². The molecule has 2 unspecified atom stereocenters. The molecule has 0 saturated carbocycles. The molecule has 0 saturated heterocycles. The summed E-state index contributed by atoms with van der Waals surface area (Å²) in [6, 6.07) is 0. The summed E-state index contributed by atoms with van der Waals surface area (Å²) in [6.07, 6.45) is 24.2. The van der Waals surface area contributed by atoms with Crippen LogP contribution in [0, 0.1) is 0 Å². The SMILES string of the molecule is CCCCCC/C=C\CCCCCCCCCCC(CC)([P+](=O)[O-])[N+](C)(C)C. The van der Waals surface area contributed by atoms with Crippen molar-refractivity contribution < 1.29 is 13.9 Å². The fourth-order valence-corrected chi connectivity index (χ4v) is 5.20. The number of rotatable bonds is 19. The first-order valence-corrected chi connectivity index (χ1v) is 13.1. The summed E-state index contributed by atoms with van der Waals surface area (Å²) in [4.78, 5) is 11.9. The highest BCUT2D eigenvalue weighted by Gasteiger charge is 2.52. The average Bonchev–Trinajstić information content (AvgIpc) is 2.63. The van der Waals surface area contributed by atoms with Crippen LogP contribution in [0.3, 0.4) is 0 Å². The summed E-state index contributed by atoms with van der Waals surface area (Å²) < 4.78 is 12.4. The highest BCUT2D eigenvalue weighted by molar-refractivity contribution is 7.38. The Balaban J connectivity index is 3.64. The Bertz CT molecular complexity index is 417. The van der Waals surface area contributed by atoms with E-state index in [0.29, 0.717) is 10.9 Å². The Morgan fingerprint density at radius 2 is 1.18 bits per heavy atom. The molecule has 3 nitrogen and oxygen atoms in total. The minimum atomic E-state index is -2.41. The number of unbranched alkanes of at least 4 members (excludes halogenated alkanes) is 12. The van der Waals surface area contributed by atoms with Gasteiger partial charge >= 0.3 is 8.03 Å². The average molecular weight is 415 g/mol. The zero-order chi connectivity index (χ0) is 21.3. The normalized spacial score (nSPS) is 15.1. The third-order valence-corrected chi connectivity index (χ3v) is 8.06. The Morgan fingerprint density at radius 3 is 1.57 bits per heavy atom. The van der Waals surface area contributed by atoms with Crippen molar-refractivity contribution in [3.8, 4) is 0 Å². The van der Waals surface area contributed by atoms with Crippen molar-refractivity contribution in [1.29, 1.82) is 0 Å². The molecule has 0 aromatic rings. The van der Waals surface area contributed by atoms with Crippen LogP contribution in [0.5, 0.6) is 0 Å². The van der Waals surface area contributed by atoms with Crippen LogP contribution in [0.15, 0.2) is 12.2 Å². The smallest absolute Gasteiger partial charge is 0.376 e. The molecule has 0 bridgehead atoms. The Kier molecular flexibility index (Phi) is 16.4. The molecule has 0 radical (unpaired) electrons. The van der Waals surface area contributed by atoms with Crippen LogP contribution < -0.4 is 4.89 Å². The number of hydrogen-bond donors (Lipinski definition) is 0. The number of quaternary nitrogens is 1. The van der Waals surface area contributed by atoms with Crippen molar-refractivity contribution in [2.45, 2.75) is 122 Å². The van der Waals surface area contributed by atoms with Gasteiger partial charge in [0.05, 0.1) is 21.1 Å². The summed E-state index contributed by atoms with van der Waals surface area (Å²) >= 11 is 0. The van der Waals surface area contributed by atoms with Gasteiger partial charge in [0.15, 0.2) is 0 Å². The van der Waals surface area contributed by atoms with Gasteiger partial charge in [-0.3, -0.25) is 4.48 Å². The highest BCUT2D eigenvalue weighted by Crippen LogP contribution is 2.44. The largest absolute Gasteiger partial charge is 0.590 e. The molecule has 4 heteroatoms. The topological polar surface area (TPSA) is 40.1 Å². The predicted octanol–water partition coefficient (Wildman–Crippen LogP) is 7.33. The van der Waals surface area contributed by atoms with Crippen LogP contribution in [0.2, 0.25) is 0 Å². The van der Waals surface area contributed by atoms with Gasteiger partial charge in [-0.1, -0.05) is 88.4 Å². The van der Waals surface area contributed by atoms with Crippen LogP contribution in [-0.2, 0) is 4.57 Å². The standard InChI is InChI=1S/C24H49NO2P/c1-6-8-9-10-11-12-13-14-15-16-17-18-19-20-21-22-23-24(7-2,28(26)27)25(3,4)5/h12-13H,6-11,14-23H2,1-5H3/q+1/b13-12-. The van der Waals surface area contributed by atoms with Crippen molar-refractivity contribution in [3.63, 3.8) is 0 Å². The van der Waals surface area contributed by atoms with Crippen LogP contribution in [0.1, 0.15) is 117 Å². The Morgan fingerprint density at radius 1 is 0.750 bits per heavy atom. The second kappa shape index (κ2) is 16.5.